The van der Waals surface area contributed by atoms with Gasteiger partial charge in [0, 0.05) is 26.4 Å². The zero-order valence-corrected chi connectivity index (χ0v) is 19.3. The van der Waals surface area contributed by atoms with Crippen LogP contribution >= 0.6 is 0 Å². The lowest BCUT2D eigenvalue weighted by Gasteiger charge is -2.18. The maximum Gasteiger partial charge on any atom is 0.305 e. The molecule has 0 spiro atoms. The van der Waals surface area contributed by atoms with Crippen molar-refractivity contribution in [1.29, 1.82) is 0 Å². The summed E-state index contributed by atoms with van der Waals surface area (Å²) in [7, 11) is 6.00. The Kier molecular flexibility index (Phi) is 17.3. The molecule has 1 amide bonds. The normalized spacial score (nSPS) is 12.2. The zero-order chi connectivity index (χ0) is 21.2. The Bertz CT molecular complexity index is 399. The average Bonchev–Trinajstić information content (AvgIpc) is 2.66. The number of hydrogen-bond acceptors (Lipinski definition) is 4. The molecule has 0 fully saturated rings. The lowest BCUT2D eigenvalue weighted by Crippen LogP contribution is -2.29. The average molecular weight is 399 g/mol. The summed E-state index contributed by atoms with van der Waals surface area (Å²) < 4.78 is 5.43. The Labute approximate surface area is 174 Å². The standard InChI is InChI=1S/C23H46N2O3/c1-6-8-15-21(7-2)20-28-23(27)17-13-11-9-10-12-16-22(26)25(5)19-14-18-24(3)4/h21H,6-20H2,1-5H3. The zero-order valence-electron chi connectivity index (χ0n) is 19.3. The summed E-state index contributed by atoms with van der Waals surface area (Å²) in [5, 5.41) is 0. The molecule has 0 saturated carbocycles. The topological polar surface area (TPSA) is 49.9 Å². The number of carbonyl (C=O) groups is 2. The van der Waals surface area contributed by atoms with E-state index in [0.717, 1.165) is 64.5 Å². The molecule has 0 aliphatic heterocycles. The summed E-state index contributed by atoms with van der Waals surface area (Å²) in [6.45, 7) is 6.79. The van der Waals surface area contributed by atoms with Crippen molar-refractivity contribution in [2.75, 3.05) is 40.8 Å². The molecule has 0 N–H and O–H groups in total. The molecule has 0 saturated heterocycles. The number of unbranched alkanes of at least 4 members (excludes halogenated alkanes) is 5. The van der Waals surface area contributed by atoms with E-state index in [1.807, 2.05) is 11.9 Å². The van der Waals surface area contributed by atoms with E-state index in [1.165, 1.54) is 12.8 Å². The smallest absolute Gasteiger partial charge is 0.305 e. The molecule has 0 aliphatic carbocycles. The molecule has 0 radical (unpaired) electrons. The highest BCUT2D eigenvalue weighted by Gasteiger charge is 2.10. The van der Waals surface area contributed by atoms with Gasteiger partial charge in [-0.05, 0) is 52.2 Å². The Morgan fingerprint density at radius 1 is 0.821 bits per heavy atom. The van der Waals surface area contributed by atoms with E-state index in [9.17, 15) is 9.59 Å². The van der Waals surface area contributed by atoms with Crippen molar-refractivity contribution in [2.45, 2.75) is 90.9 Å². The van der Waals surface area contributed by atoms with Crippen LogP contribution in [0, 0.1) is 5.92 Å². The fourth-order valence-corrected chi connectivity index (χ4v) is 3.20. The van der Waals surface area contributed by atoms with Gasteiger partial charge >= 0.3 is 5.97 Å². The first-order chi connectivity index (χ1) is 13.4. The van der Waals surface area contributed by atoms with Crippen LogP contribution in [-0.2, 0) is 14.3 Å². The van der Waals surface area contributed by atoms with Crippen molar-refractivity contribution in [3.05, 3.63) is 0 Å². The fraction of sp³-hybridized carbons (Fsp3) is 0.913. The molecule has 0 rings (SSSR count). The van der Waals surface area contributed by atoms with Gasteiger partial charge in [0.1, 0.15) is 0 Å². The monoisotopic (exact) mass is 398 g/mol. The number of ether oxygens (including phenoxy) is 1. The van der Waals surface area contributed by atoms with Gasteiger partial charge < -0.3 is 14.5 Å². The molecule has 0 bridgehead atoms. The quantitative estimate of drug-likeness (QED) is 0.244. The van der Waals surface area contributed by atoms with Crippen LogP contribution in [-0.4, -0.2) is 62.5 Å². The van der Waals surface area contributed by atoms with Crippen LogP contribution in [0.15, 0.2) is 0 Å². The van der Waals surface area contributed by atoms with Crippen molar-refractivity contribution in [3.8, 4) is 0 Å². The minimum atomic E-state index is -0.0514. The number of amides is 1. The van der Waals surface area contributed by atoms with Crippen LogP contribution in [0.5, 0.6) is 0 Å². The number of nitrogens with zero attached hydrogens (tertiary/aromatic N) is 2. The Balaban J connectivity index is 3.59. The van der Waals surface area contributed by atoms with Crippen molar-refractivity contribution in [1.82, 2.24) is 9.80 Å². The van der Waals surface area contributed by atoms with Crippen LogP contribution in [0.4, 0.5) is 0 Å². The largest absolute Gasteiger partial charge is 0.465 e. The highest BCUT2D eigenvalue weighted by Crippen LogP contribution is 2.14. The number of esters is 1. The van der Waals surface area contributed by atoms with Gasteiger partial charge in [-0.3, -0.25) is 9.59 Å². The molecule has 5 nitrogen and oxygen atoms in total. The lowest BCUT2D eigenvalue weighted by molar-refractivity contribution is -0.145. The highest BCUT2D eigenvalue weighted by atomic mass is 16.5. The maximum atomic E-state index is 12.1. The molecular weight excluding hydrogens is 352 g/mol. The second kappa shape index (κ2) is 18.0. The SMILES string of the molecule is CCCCC(CC)COC(=O)CCCCCCCC(=O)N(C)CCCN(C)C. The second-order valence-corrected chi connectivity index (χ2v) is 8.34. The minimum Gasteiger partial charge on any atom is -0.465 e. The Morgan fingerprint density at radius 2 is 1.46 bits per heavy atom. The van der Waals surface area contributed by atoms with E-state index >= 15 is 0 Å². The molecule has 1 atom stereocenters. The Morgan fingerprint density at radius 3 is 2.07 bits per heavy atom. The molecular formula is C23H46N2O3. The molecule has 166 valence electrons. The maximum absolute atomic E-state index is 12.1. The molecule has 5 heteroatoms. The van der Waals surface area contributed by atoms with Gasteiger partial charge in [-0.15, -0.1) is 0 Å². The minimum absolute atomic E-state index is 0.0514. The summed E-state index contributed by atoms with van der Waals surface area (Å²) in [6, 6.07) is 0. The summed E-state index contributed by atoms with van der Waals surface area (Å²) in [5.74, 6) is 0.711. The van der Waals surface area contributed by atoms with Crippen LogP contribution < -0.4 is 0 Å². The van der Waals surface area contributed by atoms with Crippen LogP contribution in [0.25, 0.3) is 0 Å². The second-order valence-electron chi connectivity index (χ2n) is 8.34. The Hall–Kier alpha value is -1.10. The van der Waals surface area contributed by atoms with E-state index in [0.29, 0.717) is 25.4 Å². The number of hydrogen-bond donors (Lipinski definition) is 0. The molecule has 0 heterocycles. The van der Waals surface area contributed by atoms with Crippen LogP contribution in [0.2, 0.25) is 0 Å². The van der Waals surface area contributed by atoms with Gasteiger partial charge in [0.2, 0.25) is 5.91 Å². The molecule has 1 unspecified atom stereocenters. The summed E-state index contributed by atoms with van der Waals surface area (Å²) >= 11 is 0. The van der Waals surface area contributed by atoms with Gasteiger partial charge in [0.15, 0.2) is 0 Å². The number of rotatable bonds is 18. The molecule has 0 aliphatic rings. The first-order valence-corrected chi connectivity index (χ1v) is 11.4. The van der Waals surface area contributed by atoms with Gasteiger partial charge in [-0.2, -0.15) is 0 Å². The first kappa shape index (κ1) is 26.9. The van der Waals surface area contributed by atoms with Crippen molar-refractivity contribution >= 4 is 11.9 Å². The third kappa shape index (κ3) is 15.9. The molecule has 0 aromatic carbocycles. The van der Waals surface area contributed by atoms with E-state index in [2.05, 4.69) is 32.8 Å². The van der Waals surface area contributed by atoms with E-state index in [-0.39, 0.29) is 11.9 Å². The van der Waals surface area contributed by atoms with E-state index < -0.39 is 0 Å². The lowest BCUT2D eigenvalue weighted by atomic mass is 10.0. The fourth-order valence-electron chi connectivity index (χ4n) is 3.20. The van der Waals surface area contributed by atoms with Gasteiger partial charge in [0.25, 0.3) is 0 Å². The summed E-state index contributed by atoms with van der Waals surface area (Å²) in [6.07, 6.45) is 11.8. The van der Waals surface area contributed by atoms with Gasteiger partial charge in [-0.1, -0.05) is 52.4 Å². The summed E-state index contributed by atoms with van der Waals surface area (Å²) in [5.41, 5.74) is 0. The van der Waals surface area contributed by atoms with Crippen molar-refractivity contribution < 1.29 is 14.3 Å². The van der Waals surface area contributed by atoms with Gasteiger partial charge in [0.05, 0.1) is 6.61 Å². The summed E-state index contributed by atoms with van der Waals surface area (Å²) in [4.78, 5) is 27.9. The molecule has 28 heavy (non-hydrogen) atoms. The highest BCUT2D eigenvalue weighted by molar-refractivity contribution is 5.75. The van der Waals surface area contributed by atoms with Crippen LogP contribution in [0.3, 0.4) is 0 Å². The van der Waals surface area contributed by atoms with E-state index in [4.69, 9.17) is 4.74 Å². The predicted molar refractivity (Wildman–Crippen MR) is 117 cm³/mol. The first-order valence-electron chi connectivity index (χ1n) is 11.4. The third-order valence-electron chi connectivity index (χ3n) is 5.32. The van der Waals surface area contributed by atoms with Crippen molar-refractivity contribution in [2.24, 2.45) is 5.92 Å². The predicted octanol–water partition coefficient (Wildman–Crippen LogP) is 4.89. The third-order valence-corrected chi connectivity index (χ3v) is 5.32. The van der Waals surface area contributed by atoms with Gasteiger partial charge in [-0.25, -0.2) is 0 Å². The molecule has 0 aromatic rings. The van der Waals surface area contributed by atoms with Crippen molar-refractivity contribution in [3.63, 3.8) is 0 Å². The molecule has 0 aromatic heterocycles. The van der Waals surface area contributed by atoms with E-state index in [1.54, 1.807) is 0 Å². The number of carbonyl (C=O) groups excluding carboxylic acids is 2. The van der Waals surface area contributed by atoms with Crippen LogP contribution in [0.1, 0.15) is 90.9 Å².